The molecule has 0 aliphatic heterocycles. The third kappa shape index (κ3) is 6.99. The smallest absolute Gasteiger partial charge is 0.221 e. The molecule has 0 spiro atoms. The molecule has 0 aromatic carbocycles. The first-order valence-electron chi connectivity index (χ1n) is 3.34. The van der Waals surface area contributed by atoms with Gasteiger partial charge in [-0.15, -0.1) is 0 Å². The maximum Gasteiger partial charge on any atom is 0.221 e. The molecule has 0 aliphatic rings. The van der Waals surface area contributed by atoms with Crippen LogP contribution in [0.1, 0.15) is 0 Å². The van der Waals surface area contributed by atoms with E-state index < -0.39 is 10.0 Å². The number of sulfonamides is 1. The third-order valence-electron chi connectivity index (χ3n) is 0.948. The van der Waals surface area contributed by atoms with Crippen LogP contribution in [0.5, 0.6) is 0 Å². The van der Waals surface area contributed by atoms with Crippen molar-refractivity contribution < 1.29 is 18.3 Å². The lowest BCUT2D eigenvalue weighted by atomic mass is 10.7. The number of rotatable bonds is 7. The van der Waals surface area contributed by atoms with Crippen LogP contribution in [0.4, 0.5) is 0 Å². The van der Waals surface area contributed by atoms with Crippen LogP contribution < -0.4 is 4.72 Å². The third-order valence-corrected chi connectivity index (χ3v) is 3.69. The molecule has 0 heterocycles. The number of aliphatic hydroxyl groups excluding tert-OH is 1. The quantitative estimate of drug-likeness (QED) is 0.468. The van der Waals surface area contributed by atoms with E-state index in [1.807, 2.05) is 0 Å². The van der Waals surface area contributed by atoms with Gasteiger partial charge in [0.05, 0.1) is 19.8 Å². The van der Waals surface area contributed by atoms with E-state index in [1.54, 1.807) is 0 Å². The molecule has 0 atom stereocenters. The van der Waals surface area contributed by atoms with Crippen LogP contribution >= 0.6 is 15.9 Å². The molecule has 0 aromatic heterocycles. The van der Waals surface area contributed by atoms with Gasteiger partial charge in [-0.25, -0.2) is 13.1 Å². The lowest BCUT2D eigenvalue weighted by Gasteiger charge is -2.03. The van der Waals surface area contributed by atoms with Crippen molar-refractivity contribution in [2.24, 2.45) is 0 Å². The molecule has 0 aliphatic carbocycles. The Hall–Kier alpha value is 0.310. The molecule has 74 valence electrons. The SMILES string of the molecule is O=S(=O)(CBr)NCCOCCO. The van der Waals surface area contributed by atoms with Crippen LogP contribution in [0, 0.1) is 0 Å². The van der Waals surface area contributed by atoms with Gasteiger partial charge < -0.3 is 9.84 Å². The van der Waals surface area contributed by atoms with Gasteiger partial charge in [-0.1, -0.05) is 15.9 Å². The van der Waals surface area contributed by atoms with Gasteiger partial charge in [0, 0.05) is 6.54 Å². The largest absolute Gasteiger partial charge is 0.394 e. The van der Waals surface area contributed by atoms with Gasteiger partial charge >= 0.3 is 0 Å². The van der Waals surface area contributed by atoms with Gasteiger partial charge in [-0.2, -0.15) is 0 Å². The van der Waals surface area contributed by atoms with E-state index in [0.29, 0.717) is 0 Å². The molecule has 0 saturated heterocycles. The maximum atomic E-state index is 10.8. The summed E-state index contributed by atoms with van der Waals surface area (Å²) >= 11 is 2.82. The molecule has 0 amide bonds. The number of halogens is 1. The fraction of sp³-hybridized carbons (Fsp3) is 1.00. The first-order chi connectivity index (χ1) is 5.62. The van der Waals surface area contributed by atoms with E-state index >= 15 is 0 Å². The molecule has 0 saturated carbocycles. The van der Waals surface area contributed by atoms with Crippen molar-refractivity contribution in [1.29, 1.82) is 0 Å². The second kappa shape index (κ2) is 6.79. The average molecular weight is 262 g/mol. The van der Waals surface area contributed by atoms with Crippen LogP contribution in [0.2, 0.25) is 0 Å². The number of ether oxygens (including phenoxy) is 1. The summed E-state index contributed by atoms with van der Waals surface area (Å²) in [5.74, 6) is 0. The van der Waals surface area contributed by atoms with Crippen LogP contribution in [0.3, 0.4) is 0 Å². The molecule has 2 N–H and O–H groups in total. The number of alkyl halides is 1. The summed E-state index contributed by atoms with van der Waals surface area (Å²) in [6, 6.07) is 0. The Morgan fingerprint density at radius 2 is 2.08 bits per heavy atom. The Kier molecular flexibility index (Phi) is 6.96. The molecular weight excluding hydrogens is 250 g/mol. The minimum Gasteiger partial charge on any atom is -0.394 e. The van der Waals surface area contributed by atoms with Gasteiger partial charge in [-0.3, -0.25) is 0 Å². The van der Waals surface area contributed by atoms with E-state index in [4.69, 9.17) is 9.84 Å². The molecule has 0 fully saturated rings. The van der Waals surface area contributed by atoms with Crippen LogP contribution in [0.25, 0.3) is 0 Å². The minimum atomic E-state index is -3.18. The lowest BCUT2D eigenvalue weighted by molar-refractivity contribution is 0.0961. The Morgan fingerprint density at radius 3 is 2.58 bits per heavy atom. The van der Waals surface area contributed by atoms with Crippen molar-refractivity contribution in [3.63, 3.8) is 0 Å². The Labute approximate surface area is 80.3 Å². The molecule has 0 radical (unpaired) electrons. The average Bonchev–Trinajstić information content (AvgIpc) is 2.04. The molecule has 5 nitrogen and oxygen atoms in total. The first-order valence-corrected chi connectivity index (χ1v) is 6.11. The standard InChI is InChI=1S/C5H12BrNO4S/c6-5-12(9,10)7-1-3-11-4-2-8/h7-8H,1-5H2. The van der Waals surface area contributed by atoms with Crippen molar-refractivity contribution in [3.8, 4) is 0 Å². The normalized spacial score (nSPS) is 11.8. The molecule has 0 unspecified atom stereocenters. The highest BCUT2D eigenvalue weighted by atomic mass is 79.9. The molecule has 7 heteroatoms. The first kappa shape index (κ1) is 12.3. The fourth-order valence-corrected chi connectivity index (χ4v) is 1.43. The van der Waals surface area contributed by atoms with Gasteiger partial charge in [0.1, 0.15) is 4.66 Å². The Morgan fingerprint density at radius 1 is 1.42 bits per heavy atom. The van der Waals surface area contributed by atoms with E-state index in [-0.39, 0.29) is 31.0 Å². The van der Waals surface area contributed by atoms with E-state index in [9.17, 15) is 8.42 Å². The van der Waals surface area contributed by atoms with Crippen molar-refractivity contribution >= 4 is 26.0 Å². The summed E-state index contributed by atoms with van der Waals surface area (Å²) in [6.07, 6.45) is 0. The summed E-state index contributed by atoms with van der Waals surface area (Å²) < 4.78 is 28.5. The van der Waals surface area contributed by atoms with Crippen LogP contribution in [0.15, 0.2) is 0 Å². The second-order valence-corrected chi connectivity index (χ2v) is 5.06. The zero-order valence-corrected chi connectivity index (χ0v) is 8.90. The topological polar surface area (TPSA) is 75.6 Å². The van der Waals surface area contributed by atoms with Crippen molar-refractivity contribution in [2.45, 2.75) is 0 Å². The lowest BCUT2D eigenvalue weighted by Crippen LogP contribution is -2.28. The van der Waals surface area contributed by atoms with Gasteiger partial charge in [0.2, 0.25) is 10.0 Å². The zero-order chi connectivity index (χ0) is 9.45. The fourth-order valence-electron chi connectivity index (χ4n) is 0.475. The predicted octanol–water partition coefficient (Wildman–Crippen LogP) is -0.733. The highest BCUT2D eigenvalue weighted by Gasteiger charge is 2.04. The summed E-state index contributed by atoms with van der Waals surface area (Å²) in [4.78, 5) is 0. The zero-order valence-electron chi connectivity index (χ0n) is 6.49. The maximum absolute atomic E-state index is 10.8. The number of nitrogens with one attached hydrogen (secondary N) is 1. The van der Waals surface area contributed by atoms with Gasteiger partial charge in [-0.05, 0) is 0 Å². The predicted molar refractivity (Wildman–Crippen MR) is 48.6 cm³/mol. The summed E-state index contributed by atoms with van der Waals surface area (Å²) in [5.41, 5.74) is 0. The van der Waals surface area contributed by atoms with E-state index in [2.05, 4.69) is 20.7 Å². The monoisotopic (exact) mass is 261 g/mol. The second-order valence-electron chi connectivity index (χ2n) is 1.95. The van der Waals surface area contributed by atoms with Crippen LogP contribution in [-0.2, 0) is 14.8 Å². The molecule has 0 aromatic rings. The molecule has 12 heavy (non-hydrogen) atoms. The Balaban J connectivity index is 3.32. The van der Waals surface area contributed by atoms with Crippen LogP contribution in [-0.4, -0.2) is 44.6 Å². The molecular formula is C5H12BrNO4S. The number of hydrogen-bond acceptors (Lipinski definition) is 4. The Bertz CT molecular complexity index is 194. The summed E-state index contributed by atoms with van der Waals surface area (Å²) in [7, 11) is -3.18. The van der Waals surface area contributed by atoms with E-state index in [0.717, 1.165) is 0 Å². The minimum absolute atomic E-state index is 0.0504. The highest BCUT2D eigenvalue weighted by Crippen LogP contribution is 1.89. The highest BCUT2D eigenvalue weighted by molar-refractivity contribution is 9.10. The van der Waals surface area contributed by atoms with E-state index in [1.165, 1.54) is 0 Å². The van der Waals surface area contributed by atoms with Gasteiger partial charge in [0.25, 0.3) is 0 Å². The molecule has 0 rings (SSSR count). The number of hydrogen-bond donors (Lipinski definition) is 2. The summed E-state index contributed by atoms with van der Waals surface area (Å²) in [5, 5.41) is 8.30. The van der Waals surface area contributed by atoms with Gasteiger partial charge in [0.15, 0.2) is 0 Å². The van der Waals surface area contributed by atoms with Crippen molar-refractivity contribution in [3.05, 3.63) is 0 Å². The summed E-state index contributed by atoms with van der Waals surface area (Å²) in [6.45, 7) is 0.682. The van der Waals surface area contributed by atoms with Crippen molar-refractivity contribution in [1.82, 2.24) is 4.72 Å². The number of aliphatic hydroxyl groups is 1. The van der Waals surface area contributed by atoms with Crippen molar-refractivity contribution in [2.75, 3.05) is 31.0 Å². The molecule has 0 bridgehead atoms.